The van der Waals surface area contributed by atoms with Gasteiger partial charge in [-0.2, -0.15) is 18.3 Å². The van der Waals surface area contributed by atoms with E-state index >= 15 is 0 Å². The quantitative estimate of drug-likeness (QED) is 0.268. The molecule has 0 atom stereocenters. The Kier molecular flexibility index (Phi) is 5.84. The average molecular weight is 451 g/mol. The van der Waals surface area contributed by atoms with Crippen molar-refractivity contribution in [1.29, 1.82) is 0 Å². The summed E-state index contributed by atoms with van der Waals surface area (Å²) in [7, 11) is 3.64. The number of rotatable bonds is 5. The van der Waals surface area contributed by atoms with Crippen LogP contribution in [0, 0.1) is 13.8 Å². The van der Waals surface area contributed by atoms with E-state index in [1.807, 2.05) is 64.3 Å². The van der Waals surface area contributed by atoms with Gasteiger partial charge in [-0.1, -0.05) is 24.3 Å². The van der Waals surface area contributed by atoms with Crippen molar-refractivity contribution in [2.24, 2.45) is 4.99 Å². The van der Waals surface area contributed by atoms with E-state index in [9.17, 15) is 13.2 Å². The molecule has 2 aromatic carbocycles. The Morgan fingerprint density at radius 1 is 0.909 bits per heavy atom. The highest BCUT2D eigenvalue weighted by Gasteiger charge is 2.31. The molecule has 0 aliphatic heterocycles. The third-order valence-corrected chi connectivity index (χ3v) is 5.25. The lowest BCUT2D eigenvalue weighted by molar-refractivity contribution is -0.137. The van der Waals surface area contributed by atoms with Gasteiger partial charge >= 0.3 is 6.18 Å². The predicted molar refractivity (Wildman–Crippen MR) is 125 cm³/mol. The Bertz CT molecular complexity index is 1300. The molecule has 0 saturated heterocycles. The first-order valence-electron chi connectivity index (χ1n) is 10.4. The molecule has 2 aromatic heterocycles. The van der Waals surface area contributed by atoms with E-state index in [4.69, 9.17) is 0 Å². The summed E-state index contributed by atoms with van der Waals surface area (Å²) in [6.07, 6.45) is -2.85. The molecule has 4 aromatic rings. The minimum absolute atomic E-state index is 0.291. The second kappa shape index (κ2) is 8.61. The van der Waals surface area contributed by atoms with Crippen LogP contribution >= 0.6 is 0 Å². The standard InChI is InChI=1S/C25H24F3N5/c1-17-13-22(18(2)32(17)20-10-6-5-7-11-20)23-15-24(29-16-31(3)4)33(30-23)21-12-8-9-19(14-21)25(26,27)28/h5-16H,1-4H3/b29-16+. The molecule has 170 valence electrons. The molecule has 4 rings (SSSR count). The maximum atomic E-state index is 13.3. The molecule has 0 bridgehead atoms. The van der Waals surface area contributed by atoms with Crippen LogP contribution in [0.2, 0.25) is 0 Å². The number of hydrogen-bond donors (Lipinski definition) is 0. The highest BCUT2D eigenvalue weighted by molar-refractivity contribution is 5.70. The maximum absolute atomic E-state index is 13.3. The van der Waals surface area contributed by atoms with Crippen LogP contribution in [-0.2, 0) is 6.18 Å². The molecule has 0 aliphatic carbocycles. The van der Waals surface area contributed by atoms with Crippen LogP contribution in [-0.4, -0.2) is 39.7 Å². The molecule has 0 unspecified atom stereocenters. The summed E-state index contributed by atoms with van der Waals surface area (Å²) in [6, 6.07) is 18.9. The molecule has 0 fully saturated rings. The van der Waals surface area contributed by atoms with Crippen molar-refractivity contribution in [3.05, 3.63) is 83.7 Å². The molecule has 5 nitrogen and oxygen atoms in total. The number of nitrogens with zero attached hydrogens (tertiary/aromatic N) is 5. The lowest BCUT2D eigenvalue weighted by atomic mass is 10.2. The van der Waals surface area contributed by atoms with Gasteiger partial charge in [-0.3, -0.25) is 0 Å². The fourth-order valence-electron chi connectivity index (χ4n) is 3.77. The predicted octanol–water partition coefficient (Wildman–Crippen LogP) is 6.19. The van der Waals surface area contributed by atoms with E-state index in [0.717, 1.165) is 34.8 Å². The van der Waals surface area contributed by atoms with Crippen LogP contribution in [0.1, 0.15) is 17.0 Å². The summed E-state index contributed by atoms with van der Waals surface area (Å²) in [6.45, 7) is 4.01. The molecule has 0 saturated carbocycles. The van der Waals surface area contributed by atoms with Gasteiger partial charge in [-0.25, -0.2) is 9.67 Å². The van der Waals surface area contributed by atoms with Crippen molar-refractivity contribution in [3.63, 3.8) is 0 Å². The Balaban J connectivity index is 1.86. The Morgan fingerprint density at radius 3 is 2.27 bits per heavy atom. The molecule has 0 radical (unpaired) electrons. The zero-order valence-electron chi connectivity index (χ0n) is 18.8. The number of aryl methyl sites for hydroxylation is 1. The molecule has 0 aliphatic rings. The molecule has 8 heteroatoms. The first-order chi connectivity index (χ1) is 15.6. The number of halogens is 3. The second-order valence-corrected chi connectivity index (χ2v) is 8.01. The Hall–Kier alpha value is -3.81. The first-order valence-corrected chi connectivity index (χ1v) is 10.4. The van der Waals surface area contributed by atoms with E-state index < -0.39 is 11.7 Å². The fraction of sp³-hybridized carbons (Fsp3) is 0.200. The van der Waals surface area contributed by atoms with Crippen LogP contribution in [0.4, 0.5) is 19.0 Å². The monoisotopic (exact) mass is 451 g/mol. The summed E-state index contributed by atoms with van der Waals surface area (Å²) in [5.41, 5.74) is 4.12. The number of aromatic nitrogens is 3. The van der Waals surface area contributed by atoms with Gasteiger partial charge in [0, 0.05) is 42.8 Å². The zero-order valence-corrected chi connectivity index (χ0v) is 18.8. The van der Waals surface area contributed by atoms with Crippen LogP contribution in [0.3, 0.4) is 0 Å². The number of benzene rings is 2. The third-order valence-electron chi connectivity index (χ3n) is 5.25. The molecule has 33 heavy (non-hydrogen) atoms. The van der Waals surface area contributed by atoms with Crippen molar-refractivity contribution < 1.29 is 13.2 Å². The van der Waals surface area contributed by atoms with Gasteiger partial charge in [0.25, 0.3) is 0 Å². The van der Waals surface area contributed by atoms with Crippen molar-refractivity contribution in [3.8, 4) is 22.6 Å². The minimum atomic E-state index is -4.44. The molecule has 2 heterocycles. The summed E-state index contributed by atoms with van der Waals surface area (Å²) in [4.78, 5) is 6.20. The van der Waals surface area contributed by atoms with Gasteiger partial charge < -0.3 is 9.47 Å². The van der Waals surface area contributed by atoms with Crippen LogP contribution in [0.25, 0.3) is 22.6 Å². The molecule has 0 spiro atoms. The van der Waals surface area contributed by atoms with Gasteiger partial charge in [0.05, 0.1) is 23.3 Å². The van der Waals surface area contributed by atoms with Gasteiger partial charge in [0.1, 0.15) is 0 Å². The maximum Gasteiger partial charge on any atom is 0.416 e. The summed E-state index contributed by atoms with van der Waals surface area (Å²) in [5, 5.41) is 4.66. The SMILES string of the molecule is Cc1cc(-c2cc(/N=C/N(C)C)n(-c3cccc(C(F)(F)F)c3)n2)c(C)n1-c1ccccc1. The van der Waals surface area contributed by atoms with E-state index in [2.05, 4.69) is 14.7 Å². The number of hydrogen-bond acceptors (Lipinski definition) is 2. The summed E-state index contributed by atoms with van der Waals surface area (Å²) < 4.78 is 43.5. The van der Waals surface area contributed by atoms with Gasteiger partial charge in [0.15, 0.2) is 5.82 Å². The number of para-hydroxylation sites is 1. The van der Waals surface area contributed by atoms with Gasteiger partial charge in [-0.15, -0.1) is 0 Å². The number of alkyl halides is 3. The van der Waals surface area contributed by atoms with Crippen molar-refractivity contribution >= 4 is 12.2 Å². The minimum Gasteiger partial charge on any atom is -0.369 e. The Morgan fingerprint density at radius 2 is 1.61 bits per heavy atom. The average Bonchev–Trinajstić information content (AvgIpc) is 3.32. The lowest BCUT2D eigenvalue weighted by Crippen LogP contribution is -2.08. The highest BCUT2D eigenvalue weighted by atomic mass is 19.4. The highest BCUT2D eigenvalue weighted by Crippen LogP contribution is 2.34. The zero-order chi connectivity index (χ0) is 23.8. The van der Waals surface area contributed by atoms with Crippen LogP contribution < -0.4 is 0 Å². The van der Waals surface area contributed by atoms with E-state index in [0.29, 0.717) is 17.2 Å². The lowest BCUT2D eigenvalue weighted by Gasteiger charge is -2.10. The summed E-state index contributed by atoms with van der Waals surface area (Å²) in [5.74, 6) is 0.433. The number of aliphatic imine (C=N–C) groups is 1. The van der Waals surface area contributed by atoms with Crippen LogP contribution in [0.5, 0.6) is 0 Å². The smallest absolute Gasteiger partial charge is 0.369 e. The van der Waals surface area contributed by atoms with Crippen molar-refractivity contribution in [2.45, 2.75) is 20.0 Å². The van der Waals surface area contributed by atoms with Gasteiger partial charge in [0.2, 0.25) is 0 Å². The van der Waals surface area contributed by atoms with Crippen molar-refractivity contribution in [1.82, 2.24) is 19.2 Å². The van der Waals surface area contributed by atoms with E-state index in [1.54, 1.807) is 23.4 Å². The fourth-order valence-corrected chi connectivity index (χ4v) is 3.77. The largest absolute Gasteiger partial charge is 0.416 e. The van der Waals surface area contributed by atoms with E-state index in [1.165, 1.54) is 10.7 Å². The van der Waals surface area contributed by atoms with Crippen LogP contribution in [0.15, 0.2) is 71.7 Å². The van der Waals surface area contributed by atoms with E-state index in [-0.39, 0.29) is 0 Å². The second-order valence-electron chi connectivity index (χ2n) is 8.01. The normalized spacial score (nSPS) is 12.0. The molecule has 0 N–H and O–H groups in total. The Labute approximate surface area is 190 Å². The van der Waals surface area contributed by atoms with Gasteiger partial charge in [-0.05, 0) is 50.2 Å². The third kappa shape index (κ3) is 4.55. The topological polar surface area (TPSA) is 38.4 Å². The first kappa shape index (κ1) is 22.4. The molecular formula is C25H24F3N5. The van der Waals surface area contributed by atoms with Crippen molar-refractivity contribution in [2.75, 3.05) is 14.1 Å². The molecule has 0 amide bonds. The summed E-state index contributed by atoms with van der Waals surface area (Å²) >= 11 is 0. The molecular weight excluding hydrogens is 427 g/mol.